The largest absolute Gasteiger partial charge is 0.454 e. The van der Waals surface area contributed by atoms with Gasteiger partial charge in [-0.15, -0.1) is 0 Å². The summed E-state index contributed by atoms with van der Waals surface area (Å²) in [5.74, 6) is -0.226. The lowest BCUT2D eigenvalue weighted by Gasteiger charge is -2.35. The highest BCUT2D eigenvalue weighted by atomic mass is 19.1. The predicted molar refractivity (Wildman–Crippen MR) is 99.6 cm³/mol. The normalized spacial score (nSPS) is 15.5. The van der Waals surface area contributed by atoms with E-state index in [1.54, 1.807) is 30.3 Å². The summed E-state index contributed by atoms with van der Waals surface area (Å²) in [4.78, 5) is 28.0. The molecule has 4 rings (SSSR count). The number of nitrogens with one attached hydrogen (secondary N) is 1. The number of ether oxygens (including phenoxy) is 2. The van der Waals surface area contributed by atoms with E-state index in [9.17, 15) is 14.0 Å². The number of fused-ring (bicyclic) bond motifs is 1. The lowest BCUT2D eigenvalue weighted by molar-refractivity contribution is -0.146. The van der Waals surface area contributed by atoms with Gasteiger partial charge >= 0.3 is 11.8 Å². The number of halogens is 1. The molecule has 1 N–H and O–H groups in total. The first-order valence-electron chi connectivity index (χ1n) is 9.07. The molecule has 0 atom stereocenters. The van der Waals surface area contributed by atoms with Crippen molar-refractivity contribution in [1.82, 2.24) is 10.2 Å². The van der Waals surface area contributed by atoms with E-state index >= 15 is 0 Å². The van der Waals surface area contributed by atoms with Crippen LogP contribution >= 0.6 is 0 Å². The molecule has 0 aromatic heterocycles. The third-order valence-corrected chi connectivity index (χ3v) is 4.84. The zero-order valence-electron chi connectivity index (χ0n) is 15.2. The molecule has 146 valence electrons. The first-order chi connectivity index (χ1) is 13.6. The number of rotatable bonds is 3. The maximum atomic E-state index is 13.9. The van der Waals surface area contributed by atoms with E-state index in [4.69, 9.17) is 9.47 Å². The average molecular weight is 385 g/mol. The van der Waals surface area contributed by atoms with E-state index < -0.39 is 11.8 Å². The summed E-state index contributed by atoms with van der Waals surface area (Å²) in [7, 11) is 0. The van der Waals surface area contributed by atoms with Crippen molar-refractivity contribution < 1.29 is 23.5 Å². The zero-order valence-corrected chi connectivity index (χ0v) is 15.2. The number of nitrogens with zero attached hydrogens (tertiary/aromatic N) is 2. The Balaban J connectivity index is 1.29. The fourth-order valence-electron chi connectivity index (χ4n) is 3.31. The van der Waals surface area contributed by atoms with Gasteiger partial charge in [-0.05, 0) is 29.8 Å². The molecular weight excluding hydrogens is 365 g/mol. The second-order valence-corrected chi connectivity index (χ2v) is 6.60. The Kier molecular flexibility index (Phi) is 5.01. The summed E-state index contributed by atoms with van der Waals surface area (Å²) in [6.07, 6.45) is 0. The number of carbonyl (C=O) groups is 2. The summed E-state index contributed by atoms with van der Waals surface area (Å²) < 4.78 is 24.4. The quantitative estimate of drug-likeness (QED) is 0.812. The lowest BCUT2D eigenvalue weighted by atomic mass is 10.2. The predicted octanol–water partition coefficient (Wildman–Crippen LogP) is 1.52. The van der Waals surface area contributed by atoms with E-state index in [1.165, 1.54) is 11.0 Å². The van der Waals surface area contributed by atoms with Crippen LogP contribution in [0.4, 0.5) is 10.1 Å². The number of amides is 2. The number of benzene rings is 2. The Bertz CT molecular complexity index is 897. The van der Waals surface area contributed by atoms with Crippen molar-refractivity contribution in [1.29, 1.82) is 0 Å². The van der Waals surface area contributed by atoms with Crippen LogP contribution in [0.15, 0.2) is 42.5 Å². The topological polar surface area (TPSA) is 71.1 Å². The van der Waals surface area contributed by atoms with Crippen LogP contribution in [0.25, 0.3) is 0 Å². The summed E-state index contributed by atoms with van der Waals surface area (Å²) in [6, 6.07) is 11.9. The lowest BCUT2D eigenvalue weighted by Crippen LogP contribution is -2.52. The number of para-hydroxylation sites is 1. The first-order valence-corrected chi connectivity index (χ1v) is 9.07. The molecule has 0 radical (unpaired) electrons. The first kappa shape index (κ1) is 18.1. The molecule has 0 bridgehead atoms. The molecule has 2 amide bonds. The number of carbonyl (C=O) groups excluding carboxylic acids is 2. The average Bonchev–Trinajstić information content (AvgIpc) is 3.20. The van der Waals surface area contributed by atoms with E-state index in [-0.39, 0.29) is 19.2 Å². The SMILES string of the molecule is O=C(NCc1ccc2c(c1)OCO2)C(=O)N1CCN(c2ccccc2F)CC1. The van der Waals surface area contributed by atoms with Crippen LogP contribution in [-0.4, -0.2) is 49.7 Å². The zero-order chi connectivity index (χ0) is 19.5. The molecule has 2 aromatic carbocycles. The fourth-order valence-corrected chi connectivity index (χ4v) is 3.31. The summed E-state index contributed by atoms with van der Waals surface area (Å²) in [6.45, 7) is 2.08. The van der Waals surface area contributed by atoms with Crippen LogP contribution in [0.1, 0.15) is 5.56 Å². The minimum atomic E-state index is -0.656. The van der Waals surface area contributed by atoms with Gasteiger partial charge in [0.15, 0.2) is 11.5 Å². The second kappa shape index (κ2) is 7.75. The van der Waals surface area contributed by atoms with Crippen LogP contribution in [0.3, 0.4) is 0 Å². The number of hydrogen-bond donors (Lipinski definition) is 1. The Morgan fingerprint density at radius 2 is 1.75 bits per heavy atom. The maximum absolute atomic E-state index is 13.9. The van der Waals surface area contributed by atoms with Gasteiger partial charge in [0.2, 0.25) is 6.79 Å². The monoisotopic (exact) mass is 385 g/mol. The van der Waals surface area contributed by atoms with Crippen LogP contribution < -0.4 is 19.7 Å². The van der Waals surface area contributed by atoms with E-state index in [2.05, 4.69) is 5.32 Å². The van der Waals surface area contributed by atoms with Crippen molar-refractivity contribution in [3.63, 3.8) is 0 Å². The number of hydrogen-bond acceptors (Lipinski definition) is 5. The fraction of sp³-hybridized carbons (Fsp3) is 0.300. The summed E-state index contributed by atoms with van der Waals surface area (Å²) >= 11 is 0. The van der Waals surface area contributed by atoms with Crippen molar-refractivity contribution in [2.24, 2.45) is 0 Å². The molecule has 0 unspecified atom stereocenters. The van der Waals surface area contributed by atoms with Gasteiger partial charge in [0.25, 0.3) is 0 Å². The van der Waals surface area contributed by atoms with Crippen molar-refractivity contribution in [3.05, 3.63) is 53.8 Å². The molecule has 8 heteroatoms. The van der Waals surface area contributed by atoms with Crippen molar-refractivity contribution in [3.8, 4) is 11.5 Å². The Hall–Kier alpha value is -3.29. The smallest absolute Gasteiger partial charge is 0.312 e. The number of piperazine rings is 1. The van der Waals surface area contributed by atoms with Crippen molar-refractivity contribution >= 4 is 17.5 Å². The molecule has 0 saturated carbocycles. The van der Waals surface area contributed by atoms with Gasteiger partial charge in [-0.2, -0.15) is 0 Å². The van der Waals surface area contributed by atoms with Gasteiger partial charge < -0.3 is 24.6 Å². The highest BCUT2D eigenvalue weighted by Gasteiger charge is 2.26. The summed E-state index contributed by atoms with van der Waals surface area (Å²) in [5, 5.41) is 2.64. The number of anilines is 1. The van der Waals surface area contributed by atoms with Gasteiger partial charge in [0.05, 0.1) is 5.69 Å². The highest BCUT2D eigenvalue weighted by Crippen LogP contribution is 2.32. The van der Waals surface area contributed by atoms with Crippen molar-refractivity contribution in [2.75, 3.05) is 37.9 Å². The molecule has 2 aliphatic heterocycles. The molecule has 28 heavy (non-hydrogen) atoms. The van der Waals surface area contributed by atoms with E-state index in [0.29, 0.717) is 43.4 Å². The van der Waals surface area contributed by atoms with E-state index in [1.807, 2.05) is 11.0 Å². The van der Waals surface area contributed by atoms with Crippen LogP contribution in [0.2, 0.25) is 0 Å². The molecule has 0 spiro atoms. The minimum Gasteiger partial charge on any atom is -0.454 e. The third kappa shape index (κ3) is 3.71. The standard InChI is InChI=1S/C20H20FN3O4/c21-15-3-1-2-4-16(15)23-7-9-24(10-8-23)20(26)19(25)22-12-14-5-6-17-18(11-14)28-13-27-17/h1-6,11H,7-10,12-13H2,(H,22,25). The van der Waals surface area contributed by atoms with Crippen LogP contribution in [0, 0.1) is 5.82 Å². The highest BCUT2D eigenvalue weighted by molar-refractivity contribution is 6.35. The molecule has 7 nitrogen and oxygen atoms in total. The van der Waals surface area contributed by atoms with Gasteiger partial charge in [-0.25, -0.2) is 4.39 Å². The molecular formula is C20H20FN3O4. The molecule has 0 aliphatic carbocycles. The van der Waals surface area contributed by atoms with Gasteiger partial charge in [0, 0.05) is 32.7 Å². The Morgan fingerprint density at radius 3 is 2.54 bits per heavy atom. The minimum absolute atomic E-state index is 0.183. The molecule has 2 aliphatic rings. The van der Waals surface area contributed by atoms with Gasteiger partial charge in [-0.3, -0.25) is 9.59 Å². The molecule has 2 heterocycles. The van der Waals surface area contributed by atoms with Gasteiger partial charge in [0.1, 0.15) is 5.82 Å². The third-order valence-electron chi connectivity index (χ3n) is 4.84. The van der Waals surface area contributed by atoms with Crippen molar-refractivity contribution in [2.45, 2.75) is 6.54 Å². The Morgan fingerprint density at radius 1 is 1.00 bits per heavy atom. The molecule has 2 aromatic rings. The molecule has 1 saturated heterocycles. The Labute approximate surface area is 161 Å². The summed E-state index contributed by atoms with van der Waals surface area (Å²) in [5.41, 5.74) is 1.33. The molecule has 1 fully saturated rings. The maximum Gasteiger partial charge on any atom is 0.312 e. The van der Waals surface area contributed by atoms with E-state index in [0.717, 1.165) is 5.56 Å². The van der Waals surface area contributed by atoms with Gasteiger partial charge in [-0.1, -0.05) is 18.2 Å². The van der Waals surface area contributed by atoms with Crippen LogP contribution in [-0.2, 0) is 16.1 Å². The van der Waals surface area contributed by atoms with Crippen LogP contribution in [0.5, 0.6) is 11.5 Å². The second-order valence-electron chi connectivity index (χ2n) is 6.60.